The Morgan fingerprint density at radius 1 is 0.921 bits per heavy atom. The molecule has 202 valence electrons. The molecule has 0 aromatic heterocycles. The Bertz CT molecular complexity index is 1300. The van der Waals surface area contributed by atoms with E-state index in [0.717, 1.165) is 21.9 Å². The van der Waals surface area contributed by atoms with Gasteiger partial charge in [0, 0.05) is 36.9 Å². The molecule has 1 atom stereocenters. The van der Waals surface area contributed by atoms with Gasteiger partial charge in [-0.15, -0.1) is 0 Å². The second kappa shape index (κ2) is 14.1. The highest BCUT2D eigenvalue weighted by atomic mass is 79.9. The monoisotopic (exact) mass is 599 g/mol. The molecule has 0 aliphatic rings. The molecule has 0 fully saturated rings. The first-order chi connectivity index (χ1) is 18.2. The first-order valence-electron chi connectivity index (χ1n) is 12.6. The summed E-state index contributed by atoms with van der Waals surface area (Å²) in [5.41, 5.74) is 2.39. The van der Waals surface area contributed by atoms with Crippen molar-refractivity contribution >= 4 is 43.5 Å². The van der Waals surface area contributed by atoms with Crippen LogP contribution in [0.25, 0.3) is 0 Å². The van der Waals surface area contributed by atoms with Gasteiger partial charge < -0.3 is 10.2 Å². The lowest BCUT2D eigenvalue weighted by atomic mass is 10.0. The number of carbonyl (C=O) groups excluding carboxylic acids is 2. The Hall–Kier alpha value is -3.17. The summed E-state index contributed by atoms with van der Waals surface area (Å²) >= 11 is 3.49. The van der Waals surface area contributed by atoms with Gasteiger partial charge in [0.05, 0.1) is 11.9 Å². The zero-order chi connectivity index (χ0) is 27.5. The predicted molar refractivity (Wildman–Crippen MR) is 155 cm³/mol. The molecule has 3 rings (SSSR count). The molecule has 7 nitrogen and oxygen atoms in total. The molecule has 0 unspecified atom stereocenters. The summed E-state index contributed by atoms with van der Waals surface area (Å²) in [5, 5.41) is 2.88. The molecule has 0 heterocycles. The maximum absolute atomic E-state index is 13.7. The molecule has 0 saturated heterocycles. The van der Waals surface area contributed by atoms with Gasteiger partial charge in [0.25, 0.3) is 0 Å². The van der Waals surface area contributed by atoms with Crippen LogP contribution < -0.4 is 9.62 Å². The fourth-order valence-corrected chi connectivity index (χ4v) is 5.69. The van der Waals surface area contributed by atoms with E-state index in [9.17, 15) is 18.0 Å². The lowest BCUT2D eigenvalue weighted by Crippen LogP contribution is -2.50. The molecule has 38 heavy (non-hydrogen) atoms. The molecular weight excluding hydrogens is 566 g/mol. The van der Waals surface area contributed by atoms with E-state index < -0.39 is 16.1 Å². The van der Waals surface area contributed by atoms with Crippen LogP contribution in [0.4, 0.5) is 5.69 Å². The first-order valence-corrected chi connectivity index (χ1v) is 15.2. The maximum atomic E-state index is 13.7. The zero-order valence-electron chi connectivity index (χ0n) is 21.7. The molecule has 3 aromatic carbocycles. The Morgan fingerprint density at radius 3 is 2.16 bits per heavy atom. The van der Waals surface area contributed by atoms with E-state index in [1.807, 2.05) is 67.6 Å². The number of benzene rings is 3. The van der Waals surface area contributed by atoms with Gasteiger partial charge in [0.15, 0.2) is 0 Å². The number of halogens is 1. The third kappa shape index (κ3) is 8.70. The van der Waals surface area contributed by atoms with Gasteiger partial charge in [-0.3, -0.25) is 13.9 Å². The lowest BCUT2D eigenvalue weighted by Gasteiger charge is -2.32. The summed E-state index contributed by atoms with van der Waals surface area (Å²) < 4.78 is 27.1. The lowest BCUT2D eigenvalue weighted by molar-refractivity contribution is -0.141. The van der Waals surface area contributed by atoms with Gasteiger partial charge in [-0.05, 0) is 48.7 Å². The fraction of sp³-hybridized carbons (Fsp3) is 0.310. The van der Waals surface area contributed by atoms with Crippen LogP contribution in [0.2, 0.25) is 0 Å². The van der Waals surface area contributed by atoms with Crippen LogP contribution in [0.3, 0.4) is 0 Å². The number of hydrogen-bond acceptors (Lipinski definition) is 4. The molecule has 0 spiro atoms. The second-order valence-corrected chi connectivity index (χ2v) is 11.8. The largest absolute Gasteiger partial charge is 0.355 e. The zero-order valence-corrected chi connectivity index (χ0v) is 24.1. The van der Waals surface area contributed by atoms with Crippen molar-refractivity contribution in [3.8, 4) is 0 Å². The predicted octanol–water partition coefficient (Wildman–Crippen LogP) is 4.77. The number of carbonyl (C=O) groups is 2. The molecule has 2 amide bonds. The smallest absolute Gasteiger partial charge is 0.243 e. The van der Waals surface area contributed by atoms with Crippen molar-refractivity contribution in [1.82, 2.24) is 10.2 Å². The Balaban J connectivity index is 1.85. The van der Waals surface area contributed by atoms with Crippen molar-refractivity contribution in [3.63, 3.8) is 0 Å². The Kier molecular flexibility index (Phi) is 10.9. The fourth-order valence-electron chi connectivity index (χ4n) is 4.28. The molecular formula is C29H34BrN3O4S. The van der Waals surface area contributed by atoms with E-state index in [4.69, 9.17) is 0 Å². The maximum Gasteiger partial charge on any atom is 0.243 e. The number of nitrogens with one attached hydrogen (secondary N) is 1. The number of anilines is 1. The molecule has 0 aliphatic carbocycles. The summed E-state index contributed by atoms with van der Waals surface area (Å²) in [4.78, 5) is 28.6. The molecule has 0 saturated carbocycles. The first kappa shape index (κ1) is 29.4. The minimum absolute atomic E-state index is 0.0948. The van der Waals surface area contributed by atoms with Crippen LogP contribution in [0.15, 0.2) is 89.4 Å². The number of hydrogen-bond donors (Lipinski definition) is 1. The Labute approximate surface area is 234 Å². The van der Waals surface area contributed by atoms with Crippen molar-refractivity contribution in [2.45, 2.75) is 38.8 Å². The number of rotatable bonds is 13. The van der Waals surface area contributed by atoms with Gasteiger partial charge in [0.1, 0.15) is 6.04 Å². The van der Waals surface area contributed by atoms with Crippen molar-refractivity contribution in [2.75, 3.05) is 23.7 Å². The molecule has 3 aromatic rings. The number of para-hydroxylation sites is 1. The van der Waals surface area contributed by atoms with Gasteiger partial charge in [-0.1, -0.05) is 76.6 Å². The molecule has 0 aliphatic heterocycles. The minimum atomic E-state index is -3.53. The summed E-state index contributed by atoms with van der Waals surface area (Å²) in [6.45, 7) is 2.70. The van der Waals surface area contributed by atoms with E-state index in [2.05, 4.69) is 21.2 Å². The van der Waals surface area contributed by atoms with Gasteiger partial charge in [0.2, 0.25) is 21.8 Å². The van der Waals surface area contributed by atoms with E-state index in [0.29, 0.717) is 25.1 Å². The number of likely N-dealkylation sites (N-methyl/N-ethyl adjacent to an activating group) is 1. The van der Waals surface area contributed by atoms with Crippen LogP contribution in [0, 0.1) is 0 Å². The van der Waals surface area contributed by atoms with Crippen molar-refractivity contribution in [3.05, 3.63) is 101 Å². The average Bonchev–Trinajstić information content (AvgIpc) is 2.89. The summed E-state index contributed by atoms with van der Waals surface area (Å²) in [6, 6.07) is 25.4. The topological polar surface area (TPSA) is 86.8 Å². The summed E-state index contributed by atoms with van der Waals surface area (Å²) in [6.07, 6.45) is 1.93. The van der Waals surface area contributed by atoms with E-state index >= 15 is 0 Å². The summed E-state index contributed by atoms with van der Waals surface area (Å²) in [5.74, 6) is -0.430. The highest BCUT2D eigenvalue weighted by molar-refractivity contribution is 9.10. The Morgan fingerprint density at radius 2 is 1.55 bits per heavy atom. The minimum Gasteiger partial charge on any atom is -0.355 e. The van der Waals surface area contributed by atoms with Crippen molar-refractivity contribution in [1.29, 1.82) is 0 Å². The quantitative estimate of drug-likeness (QED) is 0.306. The SMILES string of the molecule is CCNC(=O)[C@@H](Cc1ccccc1)N(Cc1cccc(Br)c1)C(=O)CCCN(c1ccccc1)S(C)(=O)=O. The normalized spacial score (nSPS) is 12.0. The number of sulfonamides is 1. The van der Waals surface area contributed by atoms with Crippen LogP contribution in [0.5, 0.6) is 0 Å². The van der Waals surface area contributed by atoms with Gasteiger partial charge in [-0.25, -0.2) is 8.42 Å². The van der Waals surface area contributed by atoms with Crippen LogP contribution in [-0.4, -0.2) is 50.5 Å². The van der Waals surface area contributed by atoms with Gasteiger partial charge >= 0.3 is 0 Å². The molecule has 1 N–H and O–H groups in total. The standard InChI is InChI=1S/C29H34BrN3O4S/c1-3-31-29(35)27(21-23-12-6-4-7-13-23)32(22-24-14-10-15-25(30)20-24)28(34)18-11-19-33(38(2,36)37)26-16-8-5-9-17-26/h4-10,12-17,20,27H,3,11,18-19,21-22H2,1-2H3,(H,31,35)/t27-/m1/s1. The highest BCUT2D eigenvalue weighted by Gasteiger charge is 2.30. The molecule has 0 radical (unpaired) electrons. The summed E-state index contributed by atoms with van der Waals surface area (Å²) in [7, 11) is -3.53. The van der Waals surface area contributed by atoms with Gasteiger partial charge in [-0.2, -0.15) is 0 Å². The third-order valence-electron chi connectivity index (χ3n) is 6.06. The van der Waals surface area contributed by atoms with Crippen LogP contribution in [0.1, 0.15) is 30.9 Å². The molecule has 0 bridgehead atoms. The van der Waals surface area contributed by atoms with Crippen molar-refractivity contribution in [2.24, 2.45) is 0 Å². The van der Waals surface area contributed by atoms with E-state index in [-0.39, 0.29) is 31.3 Å². The van der Waals surface area contributed by atoms with Crippen LogP contribution >= 0.6 is 15.9 Å². The number of amides is 2. The molecule has 9 heteroatoms. The van der Waals surface area contributed by atoms with Crippen molar-refractivity contribution < 1.29 is 18.0 Å². The second-order valence-electron chi connectivity index (χ2n) is 9.03. The number of nitrogens with zero attached hydrogens (tertiary/aromatic N) is 2. The van der Waals surface area contributed by atoms with E-state index in [1.54, 1.807) is 29.2 Å². The highest BCUT2D eigenvalue weighted by Crippen LogP contribution is 2.21. The average molecular weight is 601 g/mol. The van der Waals surface area contributed by atoms with Crippen LogP contribution in [-0.2, 0) is 32.6 Å². The van der Waals surface area contributed by atoms with E-state index in [1.165, 1.54) is 4.31 Å². The third-order valence-corrected chi connectivity index (χ3v) is 7.75.